The van der Waals surface area contributed by atoms with Crippen LogP contribution in [0.4, 0.5) is 0 Å². The molecule has 0 unspecified atom stereocenters. The normalized spacial score (nSPS) is 14.5. The van der Waals surface area contributed by atoms with E-state index in [4.69, 9.17) is 0 Å². The lowest BCUT2D eigenvalue weighted by molar-refractivity contribution is -0.127. The highest BCUT2D eigenvalue weighted by Crippen LogP contribution is 2.23. The van der Waals surface area contributed by atoms with Gasteiger partial charge in [0.05, 0.1) is 0 Å². The third-order valence-corrected chi connectivity index (χ3v) is 6.11. The topological polar surface area (TPSA) is 83.4 Å². The number of nitrogens with one attached hydrogen (secondary N) is 2. The van der Waals surface area contributed by atoms with Gasteiger partial charge in [-0.25, -0.2) is 0 Å². The first-order valence-corrected chi connectivity index (χ1v) is 10.9. The molecule has 4 rings (SSSR count). The number of aromatic nitrogens is 1. The monoisotopic (exact) mass is 482 g/mol. The Morgan fingerprint density at radius 3 is 2.42 bits per heavy atom. The van der Waals surface area contributed by atoms with Crippen LogP contribution in [-0.4, -0.2) is 40.3 Å². The van der Waals surface area contributed by atoms with Crippen LogP contribution in [0, 0.1) is 5.92 Å². The lowest BCUT2D eigenvalue weighted by Crippen LogP contribution is -2.48. The number of halogens is 1. The van der Waals surface area contributed by atoms with E-state index in [0.29, 0.717) is 37.2 Å². The van der Waals surface area contributed by atoms with E-state index < -0.39 is 0 Å². The van der Waals surface area contributed by atoms with E-state index in [1.54, 1.807) is 28.8 Å². The first-order valence-electron chi connectivity index (χ1n) is 10.1. The first kappa shape index (κ1) is 21.1. The fourth-order valence-electron chi connectivity index (χ4n) is 3.96. The average Bonchev–Trinajstić information content (AvgIpc) is 3.14. The molecule has 1 fully saturated rings. The Hall–Kier alpha value is -3.13. The van der Waals surface area contributed by atoms with Crippen LogP contribution in [0.2, 0.25) is 0 Å². The zero-order chi connectivity index (χ0) is 22.0. The number of carbonyl (C=O) groups excluding carboxylic acids is 3. The molecule has 1 aliphatic heterocycles. The van der Waals surface area contributed by atoms with E-state index in [9.17, 15) is 14.4 Å². The fraction of sp³-hybridized carbons (Fsp3) is 0.261. The number of benzene rings is 2. The highest BCUT2D eigenvalue weighted by molar-refractivity contribution is 9.10. The van der Waals surface area contributed by atoms with Crippen LogP contribution in [0.5, 0.6) is 0 Å². The van der Waals surface area contributed by atoms with Crippen molar-refractivity contribution in [3.63, 3.8) is 0 Å². The van der Waals surface area contributed by atoms with Crippen LogP contribution in [-0.2, 0) is 11.8 Å². The zero-order valence-corrected chi connectivity index (χ0v) is 18.7. The molecule has 8 heteroatoms. The van der Waals surface area contributed by atoms with Crippen molar-refractivity contribution in [2.75, 3.05) is 13.1 Å². The van der Waals surface area contributed by atoms with E-state index in [-0.39, 0.29) is 23.6 Å². The number of amides is 3. The second-order valence-corrected chi connectivity index (χ2v) is 8.61. The third-order valence-electron chi connectivity index (χ3n) is 5.68. The molecule has 2 N–H and O–H groups in total. The van der Waals surface area contributed by atoms with Gasteiger partial charge in [0.25, 0.3) is 11.8 Å². The van der Waals surface area contributed by atoms with E-state index in [0.717, 1.165) is 15.2 Å². The summed E-state index contributed by atoms with van der Waals surface area (Å²) < 4.78 is 2.46. The molecule has 0 atom stereocenters. The van der Waals surface area contributed by atoms with Gasteiger partial charge in [-0.1, -0.05) is 36.4 Å². The summed E-state index contributed by atoms with van der Waals surface area (Å²) in [6.07, 6.45) is 2.86. The second-order valence-electron chi connectivity index (χ2n) is 7.69. The number of carbonyl (C=O) groups is 3. The van der Waals surface area contributed by atoms with E-state index >= 15 is 0 Å². The molecule has 7 nitrogen and oxygen atoms in total. The number of rotatable bonds is 3. The van der Waals surface area contributed by atoms with Crippen LogP contribution >= 0.6 is 15.9 Å². The summed E-state index contributed by atoms with van der Waals surface area (Å²) in [5, 5.41) is 1.97. The van der Waals surface area contributed by atoms with E-state index in [2.05, 4.69) is 26.8 Å². The van der Waals surface area contributed by atoms with Crippen molar-refractivity contribution in [2.45, 2.75) is 12.8 Å². The minimum absolute atomic E-state index is 0.0155. The third kappa shape index (κ3) is 4.49. The van der Waals surface area contributed by atoms with Crippen LogP contribution in [0.25, 0.3) is 10.8 Å². The van der Waals surface area contributed by atoms with Gasteiger partial charge in [-0.15, -0.1) is 0 Å². The average molecular weight is 483 g/mol. The summed E-state index contributed by atoms with van der Waals surface area (Å²) in [6, 6.07) is 15.2. The largest absolute Gasteiger partial charge is 0.345 e. The molecular weight excluding hydrogens is 460 g/mol. The van der Waals surface area contributed by atoms with Gasteiger partial charge in [0, 0.05) is 42.3 Å². The molecule has 2 aromatic carbocycles. The van der Waals surface area contributed by atoms with Crippen molar-refractivity contribution in [3.8, 4) is 0 Å². The minimum atomic E-state index is -0.384. The Bertz CT molecular complexity index is 1140. The lowest BCUT2D eigenvalue weighted by atomic mass is 9.95. The number of hydrogen-bond donors (Lipinski definition) is 2. The summed E-state index contributed by atoms with van der Waals surface area (Å²) in [4.78, 5) is 39.6. The Labute approximate surface area is 188 Å². The predicted octanol–water partition coefficient (Wildman–Crippen LogP) is 3.25. The highest BCUT2D eigenvalue weighted by Gasteiger charge is 2.28. The van der Waals surface area contributed by atoms with Crippen LogP contribution in [0.3, 0.4) is 0 Å². The van der Waals surface area contributed by atoms with Crippen molar-refractivity contribution in [1.29, 1.82) is 0 Å². The molecule has 1 aromatic heterocycles. The van der Waals surface area contributed by atoms with Gasteiger partial charge in [0.15, 0.2) is 0 Å². The van der Waals surface area contributed by atoms with Gasteiger partial charge < -0.3 is 9.47 Å². The van der Waals surface area contributed by atoms with Crippen LogP contribution < -0.4 is 10.9 Å². The van der Waals surface area contributed by atoms with Crippen molar-refractivity contribution in [3.05, 3.63) is 70.5 Å². The number of likely N-dealkylation sites (tertiary alicyclic amines) is 1. The van der Waals surface area contributed by atoms with Gasteiger partial charge in [-0.3, -0.25) is 25.2 Å². The number of nitrogens with zero attached hydrogens (tertiary/aromatic N) is 2. The fourth-order valence-corrected chi connectivity index (χ4v) is 4.49. The summed E-state index contributed by atoms with van der Waals surface area (Å²) in [6.45, 7) is 0.998. The maximum atomic E-state index is 13.1. The quantitative estimate of drug-likeness (QED) is 0.562. The van der Waals surface area contributed by atoms with Crippen molar-refractivity contribution >= 4 is 44.4 Å². The Morgan fingerprint density at radius 2 is 1.71 bits per heavy atom. The maximum absolute atomic E-state index is 13.1. The molecule has 0 radical (unpaired) electrons. The first-order chi connectivity index (χ1) is 14.9. The van der Waals surface area contributed by atoms with Crippen molar-refractivity contribution in [1.82, 2.24) is 20.3 Å². The van der Waals surface area contributed by atoms with Crippen molar-refractivity contribution < 1.29 is 14.4 Å². The molecule has 0 saturated carbocycles. The lowest BCUT2D eigenvalue weighted by Gasteiger charge is -2.31. The molecule has 0 spiro atoms. The highest BCUT2D eigenvalue weighted by atomic mass is 79.9. The molecule has 3 amide bonds. The molecule has 160 valence electrons. The number of hydrogen-bond acceptors (Lipinski definition) is 3. The second kappa shape index (κ2) is 8.93. The van der Waals surface area contributed by atoms with Gasteiger partial charge in [0.1, 0.15) is 5.69 Å². The van der Waals surface area contributed by atoms with Crippen molar-refractivity contribution in [2.24, 2.45) is 13.0 Å². The maximum Gasteiger partial charge on any atom is 0.286 e. The zero-order valence-electron chi connectivity index (χ0n) is 17.1. The molecule has 2 heterocycles. The summed E-state index contributed by atoms with van der Waals surface area (Å²) >= 11 is 3.32. The standard InChI is InChI=1S/C23H23BrN4O3/c1-27-14-17(24)13-20(27)22(30)26-25-21(29)16-9-11-28(12-10-16)23(31)19-8-4-6-15-5-2-3-7-18(15)19/h2-8,13-14,16H,9-12H2,1H3,(H,25,29)(H,26,30). The molecule has 0 bridgehead atoms. The summed E-state index contributed by atoms with van der Waals surface area (Å²) in [7, 11) is 1.75. The van der Waals surface area contributed by atoms with Crippen LogP contribution in [0.1, 0.15) is 33.7 Å². The summed E-state index contributed by atoms with van der Waals surface area (Å²) in [5.74, 6) is -0.890. The molecular formula is C23H23BrN4O3. The Morgan fingerprint density at radius 1 is 1.00 bits per heavy atom. The SMILES string of the molecule is Cn1cc(Br)cc1C(=O)NNC(=O)C1CCN(C(=O)c2cccc3ccccc23)CC1. The molecule has 3 aromatic rings. The Balaban J connectivity index is 1.33. The minimum Gasteiger partial charge on any atom is -0.345 e. The van der Waals surface area contributed by atoms with E-state index in [1.807, 2.05) is 42.5 Å². The van der Waals surface area contributed by atoms with Gasteiger partial charge in [0.2, 0.25) is 5.91 Å². The molecule has 1 aliphatic rings. The van der Waals surface area contributed by atoms with Crippen LogP contribution in [0.15, 0.2) is 59.2 Å². The number of aryl methyl sites for hydroxylation is 1. The number of hydrazine groups is 1. The number of fused-ring (bicyclic) bond motifs is 1. The Kier molecular flexibility index (Phi) is 6.08. The van der Waals surface area contributed by atoms with Gasteiger partial charge >= 0.3 is 0 Å². The molecule has 0 aliphatic carbocycles. The smallest absolute Gasteiger partial charge is 0.286 e. The number of piperidine rings is 1. The van der Waals surface area contributed by atoms with Gasteiger partial charge in [-0.2, -0.15) is 0 Å². The molecule has 31 heavy (non-hydrogen) atoms. The molecule has 1 saturated heterocycles. The van der Waals surface area contributed by atoms with Gasteiger partial charge in [-0.05, 0) is 51.7 Å². The predicted molar refractivity (Wildman–Crippen MR) is 121 cm³/mol. The summed E-state index contributed by atoms with van der Waals surface area (Å²) in [5.41, 5.74) is 6.10. The van der Waals surface area contributed by atoms with E-state index in [1.165, 1.54) is 0 Å².